The highest BCUT2D eigenvalue weighted by atomic mass is 79.9. The Labute approximate surface area is 102 Å². The van der Waals surface area contributed by atoms with Crippen molar-refractivity contribution >= 4 is 21.9 Å². The maximum absolute atomic E-state index is 10.7. The van der Waals surface area contributed by atoms with Crippen molar-refractivity contribution in [2.24, 2.45) is 0 Å². The molecule has 1 aromatic rings. The van der Waals surface area contributed by atoms with Crippen LogP contribution in [0.4, 0.5) is 0 Å². The maximum atomic E-state index is 10.7. The smallest absolute Gasteiger partial charge is 0.335 e. The van der Waals surface area contributed by atoms with Gasteiger partial charge in [-0.25, -0.2) is 4.79 Å². The Kier molecular flexibility index (Phi) is 5.11. The number of carboxylic acids is 1. The van der Waals surface area contributed by atoms with E-state index in [1.165, 1.54) is 19.2 Å². The predicted octanol–water partition coefficient (Wildman–Crippen LogP) is 2.56. The molecule has 0 aliphatic rings. The Balaban J connectivity index is 2.80. The fourth-order valence-corrected chi connectivity index (χ4v) is 1.39. The van der Waals surface area contributed by atoms with Gasteiger partial charge in [-0.1, -0.05) is 15.9 Å². The molecule has 0 spiro atoms. The molecule has 0 bridgehead atoms. The van der Waals surface area contributed by atoms with Gasteiger partial charge in [-0.05, 0) is 24.6 Å². The van der Waals surface area contributed by atoms with Crippen LogP contribution in [0.15, 0.2) is 18.2 Å². The average molecular weight is 289 g/mol. The predicted molar refractivity (Wildman–Crippen MR) is 63.9 cm³/mol. The Morgan fingerprint density at radius 3 is 2.75 bits per heavy atom. The number of hydrogen-bond donors (Lipinski definition) is 1. The molecular weight excluding hydrogens is 276 g/mol. The summed E-state index contributed by atoms with van der Waals surface area (Å²) in [5.41, 5.74) is 0.185. The number of benzene rings is 1. The normalized spacial score (nSPS) is 9.88. The maximum Gasteiger partial charge on any atom is 0.335 e. The molecule has 1 rings (SSSR count). The van der Waals surface area contributed by atoms with E-state index in [1.54, 1.807) is 6.07 Å². The summed E-state index contributed by atoms with van der Waals surface area (Å²) in [5, 5.41) is 9.67. The molecule has 16 heavy (non-hydrogen) atoms. The van der Waals surface area contributed by atoms with Gasteiger partial charge >= 0.3 is 5.97 Å². The van der Waals surface area contributed by atoms with Crippen LogP contribution < -0.4 is 9.47 Å². The van der Waals surface area contributed by atoms with Crippen LogP contribution in [0.2, 0.25) is 0 Å². The van der Waals surface area contributed by atoms with Crippen molar-refractivity contribution in [3.8, 4) is 11.5 Å². The van der Waals surface area contributed by atoms with E-state index in [2.05, 4.69) is 15.9 Å². The molecule has 0 fully saturated rings. The Morgan fingerprint density at radius 1 is 1.44 bits per heavy atom. The highest BCUT2D eigenvalue weighted by Crippen LogP contribution is 2.28. The van der Waals surface area contributed by atoms with E-state index in [9.17, 15) is 4.79 Å². The van der Waals surface area contributed by atoms with E-state index in [0.29, 0.717) is 18.1 Å². The molecule has 0 heterocycles. The number of carboxylic acid groups (broad SMARTS) is 1. The molecule has 0 amide bonds. The fourth-order valence-electron chi connectivity index (χ4n) is 1.16. The molecule has 0 radical (unpaired) electrons. The lowest BCUT2D eigenvalue weighted by Gasteiger charge is -2.10. The number of alkyl halides is 1. The van der Waals surface area contributed by atoms with Crippen LogP contribution in [0.3, 0.4) is 0 Å². The standard InChI is InChI=1S/C11H13BrO4/c1-15-10-7-8(11(13)14)3-4-9(10)16-6-2-5-12/h3-4,7H,2,5-6H2,1H3,(H,13,14). The third-order valence-electron chi connectivity index (χ3n) is 1.95. The summed E-state index contributed by atoms with van der Waals surface area (Å²) in [6.07, 6.45) is 0.879. The summed E-state index contributed by atoms with van der Waals surface area (Å²) in [6, 6.07) is 4.55. The van der Waals surface area contributed by atoms with E-state index >= 15 is 0 Å². The van der Waals surface area contributed by atoms with Crippen LogP contribution in [-0.2, 0) is 0 Å². The van der Waals surface area contributed by atoms with Crippen molar-refractivity contribution < 1.29 is 19.4 Å². The molecule has 0 atom stereocenters. The average Bonchev–Trinajstić information content (AvgIpc) is 2.29. The first-order valence-corrected chi connectivity index (χ1v) is 5.91. The van der Waals surface area contributed by atoms with Gasteiger partial charge in [0.05, 0.1) is 19.3 Å². The van der Waals surface area contributed by atoms with E-state index < -0.39 is 5.97 Å². The number of ether oxygens (including phenoxy) is 2. The second-order valence-electron chi connectivity index (χ2n) is 3.06. The number of aromatic carboxylic acids is 1. The second-order valence-corrected chi connectivity index (χ2v) is 3.85. The quantitative estimate of drug-likeness (QED) is 0.646. The molecule has 88 valence electrons. The van der Waals surface area contributed by atoms with Crippen LogP contribution in [0.25, 0.3) is 0 Å². The van der Waals surface area contributed by atoms with E-state index in [4.69, 9.17) is 14.6 Å². The van der Waals surface area contributed by atoms with Crippen LogP contribution >= 0.6 is 15.9 Å². The minimum absolute atomic E-state index is 0.185. The Bertz CT molecular complexity index is 365. The van der Waals surface area contributed by atoms with E-state index in [1.807, 2.05) is 0 Å². The number of hydrogen-bond acceptors (Lipinski definition) is 3. The first-order valence-electron chi connectivity index (χ1n) is 4.79. The summed E-state index contributed by atoms with van der Waals surface area (Å²) in [6.45, 7) is 0.564. The van der Waals surface area contributed by atoms with Gasteiger partial charge in [0.1, 0.15) is 0 Å². The van der Waals surface area contributed by atoms with Crippen LogP contribution in [0, 0.1) is 0 Å². The number of rotatable bonds is 6. The Morgan fingerprint density at radius 2 is 2.19 bits per heavy atom. The molecule has 0 aliphatic carbocycles. The van der Waals surface area contributed by atoms with Gasteiger partial charge in [-0.3, -0.25) is 0 Å². The van der Waals surface area contributed by atoms with Crippen molar-refractivity contribution in [1.82, 2.24) is 0 Å². The minimum Gasteiger partial charge on any atom is -0.493 e. The summed E-state index contributed by atoms with van der Waals surface area (Å²) in [5.74, 6) is 0.0215. The van der Waals surface area contributed by atoms with Crippen molar-refractivity contribution in [3.63, 3.8) is 0 Å². The summed E-state index contributed by atoms with van der Waals surface area (Å²) in [7, 11) is 1.48. The number of methoxy groups -OCH3 is 1. The minimum atomic E-state index is -0.981. The largest absolute Gasteiger partial charge is 0.493 e. The summed E-state index contributed by atoms with van der Waals surface area (Å²) < 4.78 is 10.5. The number of carbonyl (C=O) groups is 1. The lowest BCUT2D eigenvalue weighted by Crippen LogP contribution is -2.02. The van der Waals surface area contributed by atoms with Crippen LogP contribution in [0.5, 0.6) is 11.5 Å². The molecule has 0 saturated carbocycles. The van der Waals surface area contributed by atoms with E-state index in [0.717, 1.165) is 11.8 Å². The number of halogens is 1. The van der Waals surface area contributed by atoms with Crippen molar-refractivity contribution in [3.05, 3.63) is 23.8 Å². The highest BCUT2D eigenvalue weighted by Gasteiger charge is 2.09. The van der Waals surface area contributed by atoms with Gasteiger partial charge in [0.15, 0.2) is 11.5 Å². The monoisotopic (exact) mass is 288 g/mol. The van der Waals surface area contributed by atoms with Gasteiger partial charge in [0.2, 0.25) is 0 Å². The SMILES string of the molecule is COc1cc(C(=O)O)ccc1OCCCBr. The first kappa shape index (κ1) is 12.8. The van der Waals surface area contributed by atoms with Crippen molar-refractivity contribution in [2.75, 3.05) is 19.0 Å². The third-order valence-corrected chi connectivity index (χ3v) is 2.51. The van der Waals surface area contributed by atoms with Gasteiger partial charge in [0, 0.05) is 5.33 Å². The molecular formula is C11H13BrO4. The van der Waals surface area contributed by atoms with Gasteiger partial charge in [-0.15, -0.1) is 0 Å². The zero-order chi connectivity index (χ0) is 12.0. The molecule has 0 unspecified atom stereocenters. The summed E-state index contributed by atoms with van der Waals surface area (Å²) >= 11 is 3.30. The molecule has 0 aliphatic heterocycles. The highest BCUT2D eigenvalue weighted by molar-refractivity contribution is 9.09. The van der Waals surface area contributed by atoms with Crippen LogP contribution in [-0.4, -0.2) is 30.1 Å². The molecule has 1 aromatic carbocycles. The van der Waals surface area contributed by atoms with E-state index in [-0.39, 0.29) is 5.56 Å². The van der Waals surface area contributed by atoms with Gasteiger partial charge in [0.25, 0.3) is 0 Å². The zero-order valence-electron chi connectivity index (χ0n) is 8.90. The molecule has 0 aromatic heterocycles. The van der Waals surface area contributed by atoms with Gasteiger partial charge < -0.3 is 14.6 Å². The Hall–Kier alpha value is -1.23. The second kappa shape index (κ2) is 6.37. The lowest BCUT2D eigenvalue weighted by molar-refractivity contribution is 0.0696. The zero-order valence-corrected chi connectivity index (χ0v) is 10.5. The van der Waals surface area contributed by atoms with Crippen molar-refractivity contribution in [2.45, 2.75) is 6.42 Å². The van der Waals surface area contributed by atoms with Gasteiger partial charge in [-0.2, -0.15) is 0 Å². The fraction of sp³-hybridized carbons (Fsp3) is 0.364. The first-order chi connectivity index (χ1) is 7.69. The molecule has 5 heteroatoms. The third kappa shape index (κ3) is 3.41. The molecule has 4 nitrogen and oxygen atoms in total. The lowest BCUT2D eigenvalue weighted by atomic mass is 10.2. The molecule has 0 saturated heterocycles. The topological polar surface area (TPSA) is 55.8 Å². The van der Waals surface area contributed by atoms with Crippen molar-refractivity contribution in [1.29, 1.82) is 0 Å². The summed E-state index contributed by atoms with van der Waals surface area (Å²) in [4.78, 5) is 10.7. The molecule has 1 N–H and O–H groups in total. The van der Waals surface area contributed by atoms with Crippen LogP contribution in [0.1, 0.15) is 16.8 Å².